The van der Waals surface area contributed by atoms with E-state index < -0.39 is 0 Å². The third-order valence-corrected chi connectivity index (χ3v) is 5.73. The maximum Gasteiger partial charge on any atom is 0.0541 e. The predicted octanol–water partition coefficient (Wildman–Crippen LogP) is 3.47. The molecule has 3 heteroatoms. The van der Waals surface area contributed by atoms with Gasteiger partial charge in [0, 0.05) is 12.7 Å². The van der Waals surface area contributed by atoms with Gasteiger partial charge in [-0.1, -0.05) is 32.8 Å². The Morgan fingerprint density at radius 1 is 1.12 bits per heavy atom. The van der Waals surface area contributed by atoms with Gasteiger partial charge in [0.1, 0.15) is 0 Å². The van der Waals surface area contributed by atoms with Crippen LogP contribution >= 0.6 is 7.92 Å². The van der Waals surface area contributed by atoms with Crippen LogP contribution in [-0.4, -0.2) is 30.0 Å². The summed E-state index contributed by atoms with van der Waals surface area (Å²) in [6.45, 7) is 6.64. The van der Waals surface area contributed by atoms with E-state index in [0.717, 1.165) is 18.8 Å². The Kier molecular flexibility index (Phi) is 8.21. The molecule has 0 aliphatic rings. The van der Waals surface area contributed by atoms with Gasteiger partial charge in [-0.3, -0.25) is 4.98 Å². The fourth-order valence-electron chi connectivity index (χ4n) is 1.92. The molecule has 0 bridgehead atoms. The molecular weight excluding hydrogens is 227 g/mol. The minimum absolute atomic E-state index is 0.276. The number of nitrogens with one attached hydrogen (secondary N) is 1. The van der Waals surface area contributed by atoms with E-state index >= 15 is 0 Å². The Morgan fingerprint density at radius 2 is 1.88 bits per heavy atom. The van der Waals surface area contributed by atoms with Crippen LogP contribution < -0.4 is 5.32 Å². The average molecular weight is 252 g/mol. The summed E-state index contributed by atoms with van der Waals surface area (Å²) in [5.74, 6) is 0. The molecule has 1 aromatic heterocycles. The summed E-state index contributed by atoms with van der Waals surface area (Å²) in [6, 6.07) is 6.09. The molecule has 17 heavy (non-hydrogen) atoms. The highest BCUT2D eigenvalue weighted by Crippen LogP contribution is 2.35. The Morgan fingerprint density at radius 3 is 2.47 bits per heavy atom. The number of hydrogen-bond donors (Lipinski definition) is 1. The van der Waals surface area contributed by atoms with Crippen molar-refractivity contribution in [1.29, 1.82) is 0 Å². The van der Waals surface area contributed by atoms with Gasteiger partial charge in [0.05, 0.1) is 5.69 Å². The summed E-state index contributed by atoms with van der Waals surface area (Å²) in [5, 5.41) is 3.50. The molecule has 2 nitrogen and oxygen atoms in total. The molecule has 0 aliphatic heterocycles. The number of rotatable bonds is 9. The minimum Gasteiger partial charge on any atom is -0.311 e. The van der Waals surface area contributed by atoms with E-state index in [2.05, 4.69) is 30.2 Å². The third kappa shape index (κ3) is 6.75. The van der Waals surface area contributed by atoms with E-state index in [1.54, 1.807) is 0 Å². The van der Waals surface area contributed by atoms with Crippen molar-refractivity contribution in [2.75, 3.05) is 25.0 Å². The van der Waals surface area contributed by atoms with Crippen molar-refractivity contribution in [2.24, 2.45) is 0 Å². The predicted molar refractivity (Wildman–Crippen MR) is 78.0 cm³/mol. The van der Waals surface area contributed by atoms with Gasteiger partial charge in [0.15, 0.2) is 0 Å². The quantitative estimate of drug-likeness (QED) is 0.537. The van der Waals surface area contributed by atoms with E-state index in [1.807, 2.05) is 18.3 Å². The van der Waals surface area contributed by atoms with Gasteiger partial charge < -0.3 is 5.32 Å². The van der Waals surface area contributed by atoms with E-state index in [0.29, 0.717) is 0 Å². The number of aromatic nitrogens is 1. The molecule has 0 radical (unpaired) electrons. The van der Waals surface area contributed by atoms with Gasteiger partial charge in [-0.25, -0.2) is 0 Å². The maximum absolute atomic E-state index is 4.31. The van der Waals surface area contributed by atoms with E-state index in [4.69, 9.17) is 0 Å². The van der Waals surface area contributed by atoms with Crippen LogP contribution in [-0.2, 0) is 6.54 Å². The lowest BCUT2D eigenvalue weighted by Crippen LogP contribution is -2.18. The maximum atomic E-state index is 4.31. The zero-order chi connectivity index (χ0) is 12.3. The lowest BCUT2D eigenvalue weighted by atomic mass is 10.3. The van der Waals surface area contributed by atoms with E-state index in [-0.39, 0.29) is 7.92 Å². The molecule has 0 atom stereocenters. The zero-order valence-electron chi connectivity index (χ0n) is 11.2. The molecule has 1 heterocycles. The molecule has 1 rings (SSSR count). The first kappa shape index (κ1) is 14.6. The van der Waals surface area contributed by atoms with Crippen LogP contribution in [0.15, 0.2) is 24.4 Å². The van der Waals surface area contributed by atoms with Gasteiger partial charge in [0.25, 0.3) is 0 Å². The van der Waals surface area contributed by atoms with Crippen LogP contribution in [0.3, 0.4) is 0 Å². The van der Waals surface area contributed by atoms with Crippen molar-refractivity contribution >= 4 is 7.92 Å². The van der Waals surface area contributed by atoms with Crippen LogP contribution in [0, 0.1) is 0 Å². The Bertz CT molecular complexity index is 271. The second-order valence-corrected chi connectivity index (χ2v) is 7.02. The van der Waals surface area contributed by atoms with Crippen molar-refractivity contribution in [3.63, 3.8) is 0 Å². The first-order valence-electron chi connectivity index (χ1n) is 6.69. The molecular formula is C14H25N2P. The Hall–Kier alpha value is -0.460. The lowest BCUT2D eigenvalue weighted by molar-refractivity contribution is 0.712. The average Bonchev–Trinajstić information content (AvgIpc) is 2.36. The lowest BCUT2D eigenvalue weighted by Gasteiger charge is -2.16. The molecule has 0 unspecified atom stereocenters. The fraction of sp³-hybridized carbons (Fsp3) is 0.643. The van der Waals surface area contributed by atoms with Gasteiger partial charge in [0.2, 0.25) is 0 Å². The molecule has 96 valence electrons. The molecule has 0 fully saturated rings. The Labute approximate surface area is 107 Å². The van der Waals surface area contributed by atoms with Crippen molar-refractivity contribution in [3.05, 3.63) is 30.1 Å². The Balaban J connectivity index is 2.13. The van der Waals surface area contributed by atoms with E-state index in [1.165, 1.54) is 31.3 Å². The second kappa shape index (κ2) is 9.56. The molecule has 0 spiro atoms. The SMILES string of the molecule is CCCP(CCC)CCNCc1ccccn1. The van der Waals surface area contributed by atoms with Crippen molar-refractivity contribution < 1.29 is 0 Å². The summed E-state index contributed by atoms with van der Waals surface area (Å²) in [4.78, 5) is 4.31. The highest BCUT2D eigenvalue weighted by molar-refractivity contribution is 7.57. The first-order chi connectivity index (χ1) is 8.36. The summed E-state index contributed by atoms with van der Waals surface area (Å²) >= 11 is 0. The molecule has 0 aromatic carbocycles. The summed E-state index contributed by atoms with van der Waals surface area (Å²) in [5.41, 5.74) is 1.14. The highest BCUT2D eigenvalue weighted by Gasteiger charge is 2.04. The fourth-order valence-corrected chi connectivity index (χ4v) is 4.33. The molecule has 0 aliphatic carbocycles. The van der Waals surface area contributed by atoms with Crippen LogP contribution in [0.2, 0.25) is 0 Å². The highest BCUT2D eigenvalue weighted by atomic mass is 31.1. The van der Waals surface area contributed by atoms with Crippen LogP contribution in [0.1, 0.15) is 32.4 Å². The van der Waals surface area contributed by atoms with E-state index in [9.17, 15) is 0 Å². The van der Waals surface area contributed by atoms with Crippen molar-refractivity contribution in [3.8, 4) is 0 Å². The van der Waals surface area contributed by atoms with Gasteiger partial charge >= 0.3 is 0 Å². The van der Waals surface area contributed by atoms with Crippen molar-refractivity contribution in [1.82, 2.24) is 10.3 Å². The summed E-state index contributed by atoms with van der Waals surface area (Å²) < 4.78 is 0. The van der Waals surface area contributed by atoms with Gasteiger partial charge in [-0.05, 0) is 37.2 Å². The number of hydrogen-bond acceptors (Lipinski definition) is 2. The first-order valence-corrected chi connectivity index (χ1v) is 8.59. The summed E-state index contributed by atoms with van der Waals surface area (Å²) in [7, 11) is 0.276. The largest absolute Gasteiger partial charge is 0.311 e. The van der Waals surface area contributed by atoms with Crippen molar-refractivity contribution in [2.45, 2.75) is 33.2 Å². The number of nitrogens with zero attached hydrogens (tertiary/aromatic N) is 1. The third-order valence-electron chi connectivity index (χ3n) is 2.72. The minimum atomic E-state index is 0.276. The van der Waals surface area contributed by atoms with Crippen LogP contribution in [0.5, 0.6) is 0 Å². The molecule has 1 N–H and O–H groups in total. The second-order valence-electron chi connectivity index (χ2n) is 4.34. The monoisotopic (exact) mass is 252 g/mol. The van der Waals surface area contributed by atoms with Gasteiger partial charge in [-0.2, -0.15) is 0 Å². The van der Waals surface area contributed by atoms with Gasteiger partial charge in [-0.15, -0.1) is 7.92 Å². The summed E-state index contributed by atoms with van der Waals surface area (Å²) in [6.07, 6.45) is 8.78. The molecule has 1 aromatic rings. The zero-order valence-corrected chi connectivity index (χ0v) is 12.0. The number of pyridine rings is 1. The molecule has 0 amide bonds. The normalized spacial score (nSPS) is 11.0. The van der Waals surface area contributed by atoms with Crippen LogP contribution in [0.25, 0.3) is 0 Å². The smallest absolute Gasteiger partial charge is 0.0541 e. The molecule has 0 saturated carbocycles. The topological polar surface area (TPSA) is 24.9 Å². The standard InChI is InChI=1S/C14H25N2P/c1-3-10-17(11-4-2)12-9-15-13-14-7-5-6-8-16-14/h5-8,15H,3-4,9-13H2,1-2H3. The van der Waals surface area contributed by atoms with Crippen LogP contribution in [0.4, 0.5) is 0 Å². The molecule has 0 saturated heterocycles.